The number of thiophene rings is 1. The normalized spacial score (nSPS) is 13.2. The third kappa shape index (κ3) is 5.39. The van der Waals surface area contributed by atoms with Crippen molar-refractivity contribution in [2.24, 2.45) is 10.9 Å². The summed E-state index contributed by atoms with van der Waals surface area (Å²) in [4.78, 5) is 6.94. The summed E-state index contributed by atoms with van der Waals surface area (Å²) in [6.07, 6.45) is 0. The van der Waals surface area contributed by atoms with Gasteiger partial charge < -0.3 is 10.6 Å². The van der Waals surface area contributed by atoms with E-state index in [0.29, 0.717) is 5.92 Å². The predicted octanol–water partition coefficient (Wildman–Crippen LogP) is 2.87. The lowest BCUT2D eigenvalue weighted by atomic mass is 10.2. The summed E-state index contributed by atoms with van der Waals surface area (Å²) in [5.41, 5.74) is 2.29. The molecule has 0 spiro atoms. The summed E-state index contributed by atoms with van der Waals surface area (Å²) in [5.74, 6) is 1.31. The maximum atomic E-state index is 4.52. The van der Waals surface area contributed by atoms with E-state index in [1.54, 1.807) is 7.05 Å². The molecule has 2 N–H and O–H groups in total. The summed E-state index contributed by atoms with van der Waals surface area (Å²) in [6, 6.07) is 6.42. The van der Waals surface area contributed by atoms with Crippen LogP contribution >= 0.6 is 11.3 Å². The van der Waals surface area contributed by atoms with Crippen molar-refractivity contribution >= 4 is 17.3 Å². The molecule has 0 aromatic carbocycles. The van der Waals surface area contributed by atoms with Gasteiger partial charge in [-0.3, -0.25) is 9.67 Å². The molecule has 0 bridgehead atoms. The third-order valence-electron chi connectivity index (χ3n) is 3.66. The number of aryl methyl sites for hydroxylation is 3. The fourth-order valence-electron chi connectivity index (χ4n) is 2.46. The number of aliphatic imine (C=N–C) groups is 1. The molecule has 23 heavy (non-hydrogen) atoms. The van der Waals surface area contributed by atoms with Crippen LogP contribution in [0.4, 0.5) is 0 Å². The van der Waals surface area contributed by atoms with Gasteiger partial charge in [-0.25, -0.2) is 0 Å². The fraction of sp³-hybridized carbons (Fsp3) is 0.529. The Hall–Kier alpha value is -1.82. The standard InChI is InChI=1S/C17H27N5S/c1-12(11-22-14(3)8-13(2)21-22)9-19-17(18-5)20-10-16-7-6-15(4)23-16/h6-8,12H,9-11H2,1-5H3,(H2,18,19,20). The highest BCUT2D eigenvalue weighted by atomic mass is 32.1. The molecule has 1 unspecified atom stereocenters. The van der Waals surface area contributed by atoms with Crippen molar-refractivity contribution in [2.75, 3.05) is 13.6 Å². The zero-order valence-corrected chi connectivity index (χ0v) is 15.5. The molecule has 0 fully saturated rings. The second kappa shape index (κ2) is 8.15. The van der Waals surface area contributed by atoms with Crippen LogP contribution in [0.25, 0.3) is 0 Å². The Balaban J connectivity index is 1.77. The Morgan fingerprint density at radius 3 is 2.65 bits per heavy atom. The Morgan fingerprint density at radius 1 is 1.30 bits per heavy atom. The molecule has 5 nitrogen and oxygen atoms in total. The van der Waals surface area contributed by atoms with E-state index >= 15 is 0 Å². The number of nitrogens with one attached hydrogen (secondary N) is 2. The van der Waals surface area contributed by atoms with E-state index in [9.17, 15) is 0 Å². The Bertz CT molecular complexity index is 656. The molecule has 1 atom stereocenters. The van der Waals surface area contributed by atoms with Crippen LogP contribution in [-0.4, -0.2) is 29.3 Å². The molecule has 0 amide bonds. The molecule has 0 aliphatic carbocycles. The van der Waals surface area contributed by atoms with Crippen molar-refractivity contribution in [3.8, 4) is 0 Å². The molecule has 0 aliphatic rings. The minimum absolute atomic E-state index is 0.468. The summed E-state index contributed by atoms with van der Waals surface area (Å²) < 4.78 is 2.08. The molecule has 0 saturated heterocycles. The highest BCUT2D eigenvalue weighted by Gasteiger charge is 2.08. The smallest absolute Gasteiger partial charge is 0.191 e. The molecular weight excluding hydrogens is 306 g/mol. The van der Waals surface area contributed by atoms with Gasteiger partial charge in [0, 0.05) is 35.6 Å². The van der Waals surface area contributed by atoms with E-state index in [1.807, 2.05) is 18.3 Å². The van der Waals surface area contributed by atoms with Gasteiger partial charge in [-0.05, 0) is 44.9 Å². The van der Waals surface area contributed by atoms with E-state index in [4.69, 9.17) is 0 Å². The summed E-state index contributed by atoms with van der Waals surface area (Å²) >= 11 is 1.81. The molecule has 2 aromatic rings. The van der Waals surface area contributed by atoms with Gasteiger partial charge in [0.25, 0.3) is 0 Å². The van der Waals surface area contributed by atoms with Crippen molar-refractivity contribution in [1.82, 2.24) is 20.4 Å². The minimum atomic E-state index is 0.468. The summed E-state index contributed by atoms with van der Waals surface area (Å²) in [7, 11) is 1.81. The number of aromatic nitrogens is 2. The van der Waals surface area contributed by atoms with Crippen molar-refractivity contribution in [3.63, 3.8) is 0 Å². The van der Waals surface area contributed by atoms with E-state index < -0.39 is 0 Å². The van der Waals surface area contributed by atoms with E-state index in [1.165, 1.54) is 15.4 Å². The van der Waals surface area contributed by atoms with Gasteiger partial charge in [-0.1, -0.05) is 6.92 Å². The molecule has 0 aliphatic heterocycles. The molecule has 0 radical (unpaired) electrons. The van der Waals surface area contributed by atoms with Crippen molar-refractivity contribution in [1.29, 1.82) is 0 Å². The molecule has 2 aromatic heterocycles. The van der Waals surface area contributed by atoms with Gasteiger partial charge in [0.15, 0.2) is 5.96 Å². The maximum Gasteiger partial charge on any atom is 0.191 e. The number of guanidine groups is 1. The lowest BCUT2D eigenvalue weighted by molar-refractivity contribution is 0.436. The molecule has 2 heterocycles. The van der Waals surface area contributed by atoms with Crippen LogP contribution in [0.3, 0.4) is 0 Å². The molecule has 126 valence electrons. The first kappa shape index (κ1) is 17.5. The first-order valence-corrected chi connectivity index (χ1v) is 8.80. The van der Waals surface area contributed by atoms with Gasteiger partial charge in [0.1, 0.15) is 0 Å². The number of rotatable bonds is 6. The van der Waals surface area contributed by atoms with Crippen LogP contribution < -0.4 is 10.6 Å². The average molecular weight is 334 g/mol. The van der Waals surface area contributed by atoms with Crippen LogP contribution in [0.1, 0.15) is 28.1 Å². The molecule has 0 saturated carbocycles. The van der Waals surface area contributed by atoms with E-state index in [0.717, 1.165) is 31.3 Å². The zero-order valence-electron chi connectivity index (χ0n) is 14.7. The van der Waals surface area contributed by atoms with E-state index in [2.05, 4.69) is 64.4 Å². The average Bonchev–Trinajstić information content (AvgIpc) is 3.05. The number of hydrogen-bond acceptors (Lipinski definition) is 3. The minimum Gasteiger partial charge on any atom is -0.356 e. The number of hydrogen-bond donors (Lipinski definition) is 2. The SMILES string of the molecule is CN=C(NCc1ccc(C)s1)NCC(C)Cn1nc(C)cc1C. The van der Waals surface area contributed by atoms with Gasteiger partial charge in [0.05, 0.1) is 12.2 Å². The van der Waals surface area contributed by atoms with Gasteiger partial charge >= 0.3 is 0 Å². The summed E-state index contributed by atoms with van der Waals surface area (Å²) in [6.45, 7) is 11.1. The molecule has 2 rings (SSSR count). The number of nitrogens with zero attached hydrogens (tertiary/aromatic N) is 3. The van der Waals surface area contributed by atoms with Crippen LogP contribution in [0.15, 0.2) is 23.2 Å². The largest absolute Gasteiger partial charge is 0.356 e. The zero-order chi connectivity index (χ0) is 16.8. The monoisotopic (exact) mass is 333 g/mol. The first-order valence-electron chi connectivity index (χ1n) is 7.99. The summed E-state index contributed by atoms with van der Waals surface area (Å²) in [5, 5.41) is 11.3. The lowest BCUT2D eigenvalue weighted by Crippen LogP contribution is -2.39. The van der Waals surface area contributed by atoms with Crippen LogP contribution in [0.5, 0.6) is 0 Å². The molecule has 6 heteroatoms. The quantitative estimate of drug-likeness (QED) is 0.631. The molecular formula is C17H27N5S. The van der Waals surface area contributed by atoms with Crippen LogP contribution in [0.2, 0.25) is 0 Å². The van der Waals surface area contributed by atoms with Crippen molar-refractivity contribution < 1.29 is 0 Å². The fourth-order valence-corrected chi connectivity index (χ4v) is 3.29. The highest BCUT2D eigenvalue weighted by Crippen LogP contribution is 2.14. The topological polar surface area (TPSA) is 54.2 Å². The Kier molecular flexibility index (Phi) is 6.21. The van der Waals surface area contributed by atoms with Crippen LogP contribution in [-0.2, 0) is 13.1 Å². The van der Waals surface area contributed by atoms with Crippen molar-refractivity contribution in [2.45, 2.75) is 40.8 Å². The van der Waals surface area contributed by atoms with Gasteiger partial charge in [-0.2, -0.15) is 5.10 Å². The van der Waals surface area contributed by atoms with Crippen molar-refractivity contribution in [3.05, 3.63) is 39.3 Å². The van der Waals surface area contributed by atoms with Gasteiger partial charge in [0.2, 0.25) is 0 Å². The first-order chi connectivity index (χ1) is 11.0. The second-order valence-electron chi connectivity index (χ2n) is 6.03. The predicted molar refractivity (Wildman–Crippen MR) is 98.1 cm³/mol. The van der Waals surface area contributed by atoms with Gasteiger partial charge in [-0.15, -0.1) is 11.3 Å². The van der Waals surface area contributed by atoms with Crippen LogP contribution in [0, 0.1) is 26.7 Å². The highest BCUT2D eigenvalue weighted by molar-refractivity contribution is 7.11. The Morgan fingerprint density at radius 2 is 2.09 bits per heavy atom. The van der Waals surface area contributed by atoms with E-state index in [-0.39, 0.29) is 0 Å². The Labute approximate surface area is 142 Å². The maximum absolute atomic E-state index is 4.52. The lowest BCUT2D eigenvalue weighted by Gasteiger charge is -2.16. The second-order valence-corrected chi connectivity index (χ2v) is 7.41. The third-order valence-corrected chi connectivity index (χ3v) is 4.66.